The lowest BCUT2D eigenvalue weighted by atomic mass is 9.87. The summed E-state index contributed by atoms with van der Waals surface area (Å²) in [5.74, 6) is 1.72. The highest BCUT2D eigenvalue weighted by Crippen LogP contribution is 2.38. The van der Waals surface area contributed by atoms with Crippen LogP contribution in [0.4, 0.5) is 5.82 Å². The van der Waals surface area contributed by atoms with Crippen molar-refractivity contribution in [2.24, 2.45) is 0 Å². The van der Waals surface area contributed by atoms with Crippen LogP contribution in [0.3, 0.4) is 0 Å². The normalized spacial score (nSPS) is 17.5. The van der Waals surface area contributed by atoms with E-state index in [-0.39, 0.29) is 17.9 Å². The molecule has 1 aromatic carbocycles. The summed E-state index contributed by atoms with van der Waals surface area (Å²) < 4.78 is 7.05. The molecule has 1 aliphatic rings. The Labute approximate surface area is 123 Å². The van der Waals surface area contributed by atoms with E-state index in [1.165, 1.54) is 0 Å². The molecular formula is C16H19N3O2. The second-order valence-corrected chi connectivity index (χ2v) is 5.56. The highest BCUT2D eigenvalue weighted by Gasteiger charge is 2.30. The smallest absolute Gasteiger partial charge is 0.226 e. The quantitative estimate of drug-likeness (QED) is 0.943. The van der Waals surface area contributed by atoms with Crippen LogP contribution in [0, 0.1) is 0 Å². The van der Waals surface area contributed by atoms with Crippen molar-refractivity contribution in [3.05, 3.63) is 41.6 Å². The van der Waals surface area contributed by atoms with Crippen LogP contribution >= 0.6 is 0 Å². The first-order valence-corrected chi connectivity index (χ1v) is 7.11. The second kappa shape index (κ2) is 5.24. The summed E-state index contributed by atoms with van der Waals surface area (Å²) >= 11 is 0. The van der Waals surface area contributed by atoms with Gasteiger partial charge in [0.05, 0.1) is 13.3 Å². The Morgan fingerprint density at radius 1 is 1.33 bits per heavy atom. The van der Waals surface area contributed by atoms with Crippen molar-refractivity contribution in [2.75, 3.05) is 12.4 Å². The Hall–Kier alpha value is -2.30. The SMILES string of the molecule is COc1ccc([C@H]2CC(=O)Nc3c2cnn3C(C)C)cc1. The van der Waals surface area contributed by atoms with Crippen LogP contribution in [-0.4, -0.2) is 22.8 Å². The van der Waals surface area contributed by atoms with E-state index in [4.69, 9.17) is 4.74 Å². The highest BCUT2D eigenvalue weighted by molar-refractivity contribution is 5.94. The number of rotatable bonds is 3. The Morgan fingerprint density at radius 2 is 2.05 bits per heavy atom. The van der Waals surface area contributed by atoms with Crippen LogP contribution in [0.15, 0.2) is 30.5 Å². The third-order valence-corrected chi connectivity index (χ3v) is 3.85. The minimum Gasteiger partial charge on any atom is -0.497 e. The van der Waals surface area contributed by atoms with Crippen molar-refractivity contribution in [1.82, 2.24) is 9.78 Å². The molecule has 21 heavy (non-hydrogen) atoms. The number of carbonyl (C=O) groups excluding carboxylic acids is 1. The van der Waals surface area contributed by atoms with Crippen molar-refractivity contribution in [1.29, 1.82) is 0 Å². The molecule has 1 atom stereocenters. The van der Waals surface area contributed by atoms with E-state index in [0.29, 0.717) is 6.42 Å². The number of aromatic nitrogens is 2. The fraction of sp³-hybridized carbons (Fsp3) is 0.375. The minimum atomic E-state index is 0.0331. The third kappa shape index (κ3) is 2.39. The molecule has 1 N–H and O–H groups in total. The number of ether oxygens (including phenoxy) is 1. The lowest BCUT2D eigenvalue weighted by molar-refractivity contribution is -0.116. The average molecular weight is 285 g/mol. The van der Waals surface area contributed by atoms with E-state index in [2.05, 4.69) is 24.3 Å². The maximum Gasteiger partial charge on any atom is 0.226 e. The van der Waals surface area contributed by atoms with Gasteiger partial charge in [0.2, 0.25) is 5.91 Å². The minimum absolute atomic E-state index is 0.0331. The zero-order valence-electron chi connectivity index (χ0n) is 12.5. The summed E-state index contributed by atoms with van der Waals surface area (Å²) in [5, 5.41) is 7.37. The molecule has 0 saturated heterocycles. The molecule has 0 radical (unpaired) electrons. The summed E-state index contributed by atoms with van der Waals surface area (Å²) in [4.78, 5) is 12.0. The second-order valence-electron chi connectivity index (χ2n) is 5.56. The van der Waals surface area contributed by atoms with E-state index in [9.17, 15) is 4.79 Å². The van der Waals surface area contributed by atoms with Gasteiger partial charge in [-0.15, -0.1) is 0 Å². The van der Waals surface area contributed by atoms with Gasteiger partial charge in [-0.2, -0.15) is 5.10 Å². The fourth-order valence-corrected chi connectivity index (χ4v) is 2.76. The molecule has 1 aliphatic heterocycles. The van der Waals surface area contributed by atoms with Gasteiger partial charge >= 0.3 is 0 Å². The maximum absolute atomic E-state index is 12.0. The first-order chi connectivity index (χ1) is 10.1. The molecule has 5 nitrogen and oxygen atoms in total. The van der Waals surface area contributed by atoms with Gasteiger partial charge in [-0.3, -0.25) is 4.79 Å². The van der Waals surface area contributed by atoms with Gasteiger partial charge in [-0.1, -0.05) is 12.1 Å². The molecule has 0 aliphatic carbocycles. The van der Waals surface area contributed by atoms with Gasteiger partial charge in [0.25, 0.3) is 0 Å². The Kier molecular flexibility index (Phi) is 3.41. The Balaban J connectivity index is 2.02. The topological polar surface area (TPSA) is 56.1 Å². The van der Waals surface area contributed by atoms with Crippen LogP contribution in [0.25, 0.3) is 0 Å². The molecular weight excluding hydrogens is 266 g/mol. The van der Waals surface area contributed by atoms with Gasteiger partial charge in [0.1, 0.15) is 11.6 Å². The summed E-state index contributed by atoms with van der Waals surface area (Å²) in [5.41, 5.74) is 2.18. The molecule has 3 rings (SSSR count). The van der Waals surface area contributed by atoms with Crippen LogP contribution < -0.4 is 10.1 Å². The fourth-order valence-electron chi connectivity index (χ4n) is 2.76. The molecule has 0 bridgehead atoms. The number of nitrogens with one attached hydrogen (secondary N) is 1. The van der Waals surface area contributed by atoms with Gasteiger partial charge in [0.15, 0.2) is 0 Å². The molecule has 0 unspecified atom stereocenters. The number of anilines is 1. The molecule has 0 fully saturated rings. The van der Waals surface area contributed by atoms with Crippen molar-refractivity contribution in [3.63, 3.8) is 0 Å². The lowest BCUT2D eigenvalue weighted by Gasteiger charge is -2.24. The number of carbonyl (C=O) groups is 1. The molecule has 0 saturated carbocycles. The Bertz CT molecular complexity index is 659. The van der Waals surface area contributed by atoms with Gasteiger partial charge in [-0.25, -0.2) is 4.68 Å². The number of methoxy groups -OCH3 is 1. The molecule has 1 amide bonds. The summed E-state index contributed by atoms with van der Waals surface area (Å²) in [7, 11) is 1.65. The number of amides is 1. The monoisotopic (exact) mass is 285 g/mol. The summed E-state index contributed by atoms with van der Waals surface area (Å²) in [6.07, 6.45) is 2.31. The van der Waals surface area contributed by atoms with Crippen molar-refractivity contribution < 1.29 is 9.53 Å². The van der Waals surface area contributed by atoms with Gasteiger partial charge in [-0.05, 0) is 31.5 Å². The van der Waals surface area contributed by atoms with Gasteiger partial charge in [0, 0.05) is 23.9 Å². The standard InChI is InChI=1S/C16H19N3O2/c1-10(2)19-16-14(9-17-19)13(8-15(20)18-16)11-4-6-12(21-3)7-5-11/h4-7,9-10,13H,8H2,1-3H3,(H,18,20)/t13-/m1/s1. The van der Waals surface area contributed by atoms with Gasteiger partial charge < -0.3 is 10.1 Å². The van der Waals surface area contributed by atoms with Crippen molar-refractivity contribution in [3.8, 4) is 5.75 Å². The molecule has 2 aromatic rings. The highest BCUT2D eigenvalue weighted by atomic mass is 16.5. The average Bonchev–Trinajstić information content (AvgIpc) is 2.90. The van der Waals surface area contributed by atoms with Crippen molar-refractivity contribution in [2.45, 2.75) is 32.2 Å². The van der Waals surface area contributed by atoms with E-state index in [1.54, 1.807) is 7.11 Å². The lowest BCUT2D eigenvalue weighted by Crippen LogP contribution is -2.25. The molecule has 110 valence electrons. The summed E-state index contributed by atoms with van der Waals surface area (Å²) in [6.45, 7) is 4.10. The largest absolute Gasteiger partial charge is 0.497 e. The number of nitrogens with zero attached hydrogens (tertiary/aromatic N) is 2. The number of hydrogen-bond donors (Lipinski definition) is 1. The first kappa shape index (κ1) is 13.7. The van der Waals surface area contributed by atoms with Crippen LogP contribution in [0.5, 0.6) is 5.75 Å². The maximum atomic E-state index is 12.0. The molecule has 1 aromatic heterocycles. The Morgan fingerprint density at radius 3 is 2.67 bits per heavy atom. The zero-order chi connectivity index (χ0) is 15.0. The predicted octanol–water partition coefficient (Wildman–Crippen LogP) is 2.95. The molecule has 0 spiro atoms. The molecule has 2 heterocycles. The zero-order valence-corrected chi connectivity index (χ0v) is 12.5. The molecule has 5 heteroatoms. The van der Waals surface area contributed by atoms with Crippen LogP contribution in [0.1, 0.15) is 43.4 Å². The summed E-state index contributed by atoms with van der Waals surface area (Å²) in [6, 6.07) is 8.09. The third-order valence-electron chi connectivity index (χ3n) is 3.85. The van der Waals surface area contributed by atoms with Crippen LogP contribution in [0.2, 0.25) is 0 Å². The van der Waals surface area contributed by atoms with E-state index >= 15 is 0 Å². The van der Waals surface area contributed by atoms with E-state index in [1.807, 2.05) is 35.1 Å². The van der Waals surface area contributed by atoms with E-state index < -0.39 is 0 Å². The number of hydrogen-bond acceptors (Lipinski definition) is 3. The first-order valence-electron chi connectivity index (χ1n) is 7.11. The number of benzene rings is 1. The van der Waals surface area contributed by atoms with Crippen LogP contribution in [-0.2, 0) is 4.79 Å². The predicted molar refractivity (Wildman–Crippen MR) is 80.7 cm³/mol. The number of fused-ring (bicyclic) bond motifs is 1. The van der Waals surface area contributed by atoms with E-state index in [0.717, 1.165) is 22.7 Å². The van der Waals surface area contributed by atoms with Crippen molar-refractivity contribution >= 4 is 11.7 Å².